The van der Waals surface area contributed by atoms with Gasteiger partial charge in [0.15, 0.2) is 5.60 Å². The summed E-state index contributed by atoms with van der Waals surface area (Å²) in [5.74, 6) is -1.20. The zero-order valence-electron chi connectivity index (χ0n) is 10.6. The van der Waals surface area contributed by atoms with Crippen molar-refractivity contribution in [3.8, 4) is 0 Å². The molecule has 0 aliphatic heterocycles. The van der Waals surface area contributed by atoms with Crippen molar-refractivity contribution in [3.05, 3.63) is 34.3 Å². The molecule has 0 fully saturated rings. The van der Waals surface area contributed by atoms with Crippen molar-refractivity contribution in [2.45, 2.75) is 26.0 Å². The first-order chi connectivity index (χ1) is 8.35. The number of benzene rings is 1. The van der Waals surface area contributed by atoms with E-state index in [2.05, 4.69) is 15.9 Å². The zero-order valence-corrected chi connectivity index (χ0v) is 12.1. The third-order valence-electron chi connectivity index (χ3n) is 2.73. The van der Waals surface area contributed by atoms with Crippen LogP contribution in [0, 0.1) is 0 Å². The number of aliphatic hydroxyl groups is 1. The molecule has 1 unspecified atom stereocenters. The number of aliphatic carboxylic acids is 1. The van der Waals surface area contributed by atoms with Crippen LogP contribution in [0.1, 0.15) is 19.4 Å². The molecule has 0 spiro atoms. The molecular formula is C13H18BrNO3. The molecule has 0 radical (unpaired) electrons. The van der Waals surface area contributed by atoms with E-state index >= 15 is 0 Å². The number of halogens is 1. The molecule has 5 heteroatoms. The summed E-state index contributed by atoms with van der Waals surface area (Å²) in [4.78, 5) is 12.8. The Morgan fingerprint density at radius 1 is 1.50 bits per heavy atom. The summed E-state index contributed by atoms with van der Waals surface area (Å²) in [6, 6.07) is 7.83. The quantitative estimate of drug-likeness (QED) is 0.844. The minimum absolute atomic E-state index is 0.103. The molecule has 0 aromatic heterocycles. The molecule has 18 heavy (non-hydrogen) atoms. The van der Waals surface area contributed by atoms with E-state index in [-0.39, 0.29) is 6.54 Å². The highest BCUT2D eigenvalue weighted by Gasteiger charge is 2.31. The Bertz CT molecular complexity index is 420. The van der Waals surface area contributed by atoms with Crippen LogP contribution in [0.4, 0.5) is 0 Å². The lowest BCUT2D eigenvalue weighted by molar-refractivity contribution is -0.158. The maximum absolute atomic E-state index is 10.9. The number of hydrogen-bond donors (Lipinski definition) is 2. The number of nitrogens with zero attached hydrogens (tertiary/aromatic N) is 1. The molecule has 1 rings (SSSR count). The van der Waals surface area contributed by atoms with Gasteiger partial charge in [-0.05, 0) is 31.2 Å². The lowest BCUT2D eigenvalue weighted by Crippen LogP contribution is -2.46. The minimum atomic E-state index is -1.72. The first-order valence-electron chi connectivity index (χ1n) is 5.77. The van der Waals surface area contributed by atoms with Gasteiger partial charge >= 0.3 is 5.97 Å². The summed E-state index contributed by atoms with van der Waals surface area (Å²) < 4.78 is 0.987. The second-order valence-electron chi connectivity index (χ2n) is 4.51. The van der Waals surface area contributed by atoms with Gasteiger partial charge in [-0.15, -0.1) is 0 Å². The van der Waals surface area contributed by atoms with E-state index in [1.165, 1.54) is 6.92 Å². The molecule has 100 valence electrons. The first-order valence-corrected chi connectivity index (χ1v) is 6.57. The van der Waals surface area contributed by atoms with E-state index in [9.17, 15) is 9.90 Å². The van der Waals surface area contributed by atoms with Crippen molar-refractivity contribution >= 4 is 21.9 Å². The van der Waals surface area contributed by atoms with E-state index in [0.717, 1.165) is 10.0 Å². The molecule has 1 aromatic carbocycles. The van der Waals surface area contributed by atoms with Gasteiger partial charge in [0.25, 0.3) is 0 Å². The molecule has 0 aliphatic carbocycles. The third-order valence-corrected chi connectivity index (χ3v) is 3.23. The molecule has 0 saturated carbocycles. The maximum atomic E-state index is 10.9. The topological polar surface area (TPSA) is 60.8 Å². The van der Waals surface area contributed by atoms with E-state index < -0.39 is 11.6 Å². The fraction of sp³-hybridized carbons (Fsp3) is 0.462. The summed E-state index contributed by atoms with van der Waals surface area (Å²) in [7, 11) is 0. The summed E-state index contributed by atoms with van der Waals surface area (Å²) in [6.45, 7) is 4.65. The van der Waals surface area contributed by atoms with Crippen LogP contribution < -0.4 is 0 Å². The number of carbonyl (C=O) groups is 1. The summed E-state index contributed by atoms with van der Waals surface area (Å²) in [5, 5.41) is 18.7. The van der Waals surface area contributed by atoms with Crippen LogP contribution in [0.2, 0.25) is 0 Å². The van der Waals surface area contributed by atoms with E-state index in [1.807, 2.05) is 36.1 Å². The Labute approximate surface area is 115 Å². The van der Waals surface area contributed by atoms with Gasteiger partial charge < -0.3 is 10.2 Å². The van der Waals surface area contributed by atoms with Crippen LogP contribution in [0.3, 0.4) is 0 Å². The van der Waals surface area contributed by atoms with Crippen molar-refractivity contribution in [3.63, 3.8) is 0 Å². The second kappa shape index (κ2) is 6.31. The fourth-order valence-electron chi connectivity index (χ4n) is 1.68. The van der Waals surface area contributed by atoms with Crippen LogP contribution in [-0.2, 0) is 11.3 Å². The van der Waals surface area contributed by atoms with Crippen LogP contribution in [0.25, 0.3) is 0 Å². The van der Waals surface area contributed by atoms with Crippen molar-refractivity contribution in [2.24, 2.45) is 0 Å². The lowest BCUT2D eigenvalue weighted by atomic mass is 10.1. The van der Waals surface area contributed by atoms with Gasteiger partial charge in [-0.2, -0.15) is 0 Å². The highest BCUT2D eigenvalue weighted by Crippen LogP contribution is 2.15. The highest BCUT2D eigenvalue weighted by atomic mass is 79.9. The summed E-state index contributed by atoms with van der Waals surface area (Å²) in [6.07, 6.45) is 0. The van der Waals surface area contributed by atoms with Crippen LogP contribution in [-0.4, -0.2) is 39.8 Å². The number of likely N-dealkylation sites (N-methyl/N-ethyl adjacent to an activating group) is 1. The average molecular weight is 316 g/mol. The molecule has 2 N–H and O–H groups in total. The molecule has 0 bridgehead atoms. The summed E-state index contributed by atoms with van der Waals surface area (Å²) in [5.41, 5.74) is -0.644. The largest absolute Gasteiger partial charge is 0.479 e. The average Bonchev–Trinajstić information content (AvgIpc) is 2.27. The molecule has 0 aliphatic rings. The third kappa shape index (κ3) is 4.40. The van der Waals surface area contributed by atoms with Crippen molar-refractivity contribution in [1.82, 2.24) is 4.90 Å². The number of hydrogen-bond acceptors (Lipinski definition) is 3. The first kappa shape index (κ1) is 15.1. The molecule has 0 amide bonds. The normalized spacial score (nSPS) is 14.5. The minimum Gasteiger partial charge on any atom is -0.479 e. The number of carboxylic acids is 1. The standard InChI is InChI=1S/C13H18BrNO3/c1-3-15(9-13(2,18)12(16)17)8-10-5-4-6-11(14)7-10/h4-7,18H,3,8-9H2,1-2H3,(H,16,17). The second-order valence-corrected chi connectivity index (χ2v) is 5.43. The number of carboxylic acid groups (broad SMARTS) is 1. The zero-order chi connectivity index (χ0) is 13.8. The van der Waals surface area contributed by atoms with Gasteiger partial charge in [0.05, 0.1) is 0 Å². The van der Waals surface area contributed by atoms with Crippen LogP contribution in [0.15, 0.2) is 28.7 Å². The Hall–Kier alpha value is -0.910. The van der Waals surface area contributed by atoms with Crippen LogP contribution >= 0.6 is 15.9 Å². The summed E-state index contributed by atoms with van der Waals surface area (Å²) >= 11 is 3.40. The number of rotatable bonds is 6. The SMILES string of the molecule is CCN(Cc1cccc(Br)c1)CC(C)(O)C(=O)O. The fourth-order valence-corrected chi connectivity index (χ4v) is 2.12. The lowest BCUT2D eigenvalue weighted by Gasteiger charge is -2.27. The predicted octanol–water partition coefficient (Wildman–Crippen LogP) is 2.11. The molecule has 0 heterocycles. The smallest absolute Gasteiger partial charge is 0.336 e. The monoisotopic (exact) mass is 315 g/mol. The molecule has 0 saturated heterocycles. The van der Waals surface area contributed by atoms with Crippen LogP contribution in [0.5, 0.6) is 0 Å². The van der Waals surface area contributed by atoms with E-state index in [0.29, 0.717) is 13.1 Å². The van der Waals surface area contributed by atoms with Gasteiger partial charge in [0.1, 0.15) is 0 Å². The Kier molecular flexibility index (Phi) is 5.31. The highest BCUT2D eigenvalue weighted by molar-refractivity contribution is 9.10. The van der Waals surface area contributed by atoms with Crippen molar-refractivity contribution in [2.75, 3.05) is 13.1 Å². The Morgan fingerprint density at radius 2 is 2.17 bits per heavy atom. The molecule has 1 atom stereocenters. The molecule has 4 nitrogen and oxygen atoms in total. The van der Waals surface area contributed by atoms with Gasteiger partial charge in [-0.3, -0.25) is 4.90 Å². The van der Waals surface area contributed by atoms with Crippen molar-refractivity contribution in [1.29, 1.82) is 0 Å². The Morgan fingerprint density at radius 3 is 2.67 bits per heavy atom. The Balaban J connectivity index is 2.71. The molecule has 1 aromatic rings. The van der Waals surface area contributed by atoms with E-state index in [1.54, 1.807) is 0 Å². The van der Waals surface area contributed by atoms with Gasteiger partial charge in [-0.25, -0.2) is 4.79 Å². The van der Waals surface area contributed by atoms with E-state index in [4.69, 9.17) is 5.11 Å². The predicted molar refractivity (Wildman–Crippen MR) is 73.4 cm³/mol. The maximum Gasteiger partial charge on any atom is 0.336 e. The molecular weight excluding hydrogens is 298 g/mol. The van der Waals surface area contributed by atoms with Gasteiger partial charge in [-0.1, -0.05) is 35.0 Å². The van der Waals surface area contributed by atoms with Crippen molar-refractivity contribution < 1.29 is 15.0 Å². The van der Waals surface area contributed by atoms with Gasteiger partial charge in [0, 0.05) is 17.6 Å². The van der Waals surface area contributed by atoms with Gasteiger partial charge in [0.2, 0.25) is 0 Å².